The van der Waals surface area contributed by atoms with E-state index in [1.54, 1.807) is 0 Å². The van der Waals surface area contributed by atoms with Gasteiger partial charge in [-0.15, -0.1) is 13.2 Å². The molecule has 0 aliphatic carbocycles. The Kier molecular flexibility index (Phi) is 32.9. The van der Waals surface area contributed by atoms with Gasteiger partial charge in [0.1, 0.15) is 0 Å². The molecule has 0 aromatic carbocycles. The Labute approximate surface area is 74.9 Å². The largest absolute Gasteiger partial charge is 0.394 e. The molecule has 0 spiro atoms. The molecule has 0 aliphatic rings. The molecule has 0 heterocycles. The number of nitrogens with two attached hydrogens (primary N) is 2. The van der Waals surface area contributed by atoms with Crippen molar-refractivity contribution in [2.24, 2.45) is 11.7 Å². The summed E-state index contributed by atoms with van der Waals surface area (Å²) in [6.45, 7) is 7.96. The molecule has 4 nitrogen and oxygen atoms in total. The predicted molar refractivity (Wildman–Crippen MR) is 52.2 cm³/mol. The van der Waals surface area contributed by atoms with Crippen molar-refractivity contribution in [1.29, 1.82) is 0 Å². The topological polar surface area (TPSA) is 92.5 Å². The molecule has 12 heavy (non-hydrogen) atoms. The molecule has 0 fully saturated rings. The lowest BCUT2D eigenvalue weighted by atomic mass is 10.2. The third kappa shape index (κ3) is 22.7. The maximum absolute atomic E-state index is 8.74. The van der Waals surface area contributed by atoms with Crippen LogP contribution in [0.4, 0.5) is 0 Å². The van der Waals surface area contributed by atoms with Crippen molar-refractivity contribution in [1.82, 2.24) is 0 Å². The molecule has 0 aliphatic heterocycles. The van der Waals surface area contributed by atoms with Crippen molar-refractivity contribution in [3.63, 3.8) is 0 Å². The summed E-state index contributed by atoms with van der Waals surface area (Å²) >= 11 is 0. The molecule has 0 saturated heterocycles. The first-order valence-electron chi connectivity index (χ1n) is 3.93. The first-order chi connectivity index (χ1) is 5.81. The predicted octanol–water partition coefficient (Wildman–Crippen LogP) is 0.151. The maximum Gasteiger partial charge on any atom is 0.0770 e. The van der Waals surface area contributed by atoms with Crippen LogP contribution in [0.5, 0.6) is 0 Å². The highest BCUT2D eigenvalue weighted by Gasteiger charge is 1.97. The molecule has 0 radical (unpaired) electrons. The van der Waals surface area contributed by atoms with E-state index in [0.717, 1.165) is 19.3 Å². The van der Waals surface area contributed by atoms with E-state index in [2.05, 4.69) is 31.8 Å². The Hall–Kier alpha value is -0.420. The summed E-state index contributed by atoms with van der Waals surface area (Å²) in [7, 11) is 0. The number of aliphatic hydroxyl groups excluding tert-OH is 2. The molecule has 6 N–H and O–H groups in total. The summed E-state index contributed by atoms with van der Waals surface area (Å²) in [4.78, 5) is 0. The SMILES string of the molecule is C=C.CCCCC(O)CO.NN. The Morgan fingerprint density at radius 2 is 1.75 bits per heavy atom. The van der Waals surface area contributed by atoms with Gasteiger partial charge < -0.3 is 10.2 Å². The first-order valence-corrected chi connectivity index (χ1v) is 3.93. The van der Waals surface area contributed by atoms with Crippen molar-refractivity contribution < 1.29 is 10.2 Å². The number of aliphatic hydroxyl groups is 2. The molecule has 76 valence electrons. The van der Waals surface area contributed by atoms with E-state index in [4.69, 9.17) is 10.2 Å². The molecular formula is C8H22N2O2. The standard InChI is InChI=1S/C6H14O2.C2H4.H4N2/c1-2-3-4-6(8)5-7;2*1-2/h6-8H,2-5H2,1H3;2*1-2H2. The number of rotatable bonds is 4. The van der Waals surface area contributed by atoms with Crippen LogP contribution in [-0.4, -0.2) is 22.9 Å². The summed E-state index contributed by atoms with van der Waals surface area (Å²) in [6.07, 6.45) is 2.32. The van der Waals surface area contributed by atoms with Gasteiger partial charge in [0.15, 0.2) is 0 Å². The molecule has 4 heteroatoms. The van der Waals surface area contributed by atoms with Crippen molar-refractivity contribution in [3.8, 4) is 0 Å². The zero-order valence-electron chi connectivity index (χ0n) is 7.87. The first kappa shape index (κ1) is 17.6. The summed E-state index contributed by atoms with van der Waals surface area (Å²) in [6, 6.07) is 0. The Bertz CT molecular complexity index is 63.0. The summed E-state index contributed by atoms with van der Waals surface area (Å²) in [5.41, 5.74) is 0. The van der Waals surface area contributed by atoms with Crippen LogP contribution < -0.4 is 11.7 Å². The Morgan fingerprint density at radius 3 is 2.00 bits per heavy atom. The lowest BCUT2D eigenvalue weighted by Crippen LogP contribution is -2.10. The van der Waals surface area contributed by atoms with Gasteiger partial charge in [-0.1, -0.05) is 19.8 Å². The normalized spacial score (nSPS) is 10.1. The Morgan fingerprint density at radius 1 is 1.33 bits per heavy atom. The van der Waals surface area contributed by atoms with Gasteiger partial charge in [0, 0.05) is 0 Å². The highest BCUT2D eigenvalue weighted by atomic mass is 16.3. The van der Waals surface area contributed by atoms with E-state index in [-0.39, 0.29) is 6.61 Å². The van der Waals surface area contributed by atoms with Gasteiger partial charge in [0.2, 0.25) is 0 Å². The molecule has 0 aromatic heterocycles. The third-order valence-electron chi connectivity index (χ3n) is 1.10. The molecule has 0 aromatic rings. The van der Waals surface area contributed by atoms with Gasteiger partial charge in [0.05, 0.1) is 12.7 Å². The van der Waals surface area contributed by atoms with E-state index < -0.39 is 6.10 Å². The minimum atomic E-state index is -0.491. The zero-order valence-corrected chi connectivity index (χ0v) is 7.87. The average Bonchev–Trinajstić information content (AvgIpc) is 2.20. The van der Waals surface area contributed by atoms with E-state index in [9.17, 15) is 0 Å². The van der Waals surface area contributed by atoms with Crippen molar-refractivity contribution in [2.75, 3.05) is 6.61 Å². The number of unbranched alkanes of at least 4 members (excludes halogenated alkanes) is 1. The maximum atomic E-state index is 8.74. The van der Waals surface area contributed by atoms with Crippen LogP contribution in [0.25, 0.3) is 0 Å². The molecule has 0 rings (SSSR count). The van der Waals surface area contributed by atoms with Gasteiger partial charge in [-0.25, -0.2) is 0 Å². The summed E-state index contributed by atoms with van der Waals surface area (Å²) in [5.74, 6) is 8.00. The number of hydrogen-bond acceptors (Lipinski definition) is 4. The van der Waals surface area contributed by atoms with Gasteiger partial charge >= 0.3 is 0 Å². The van der Waals surface area contributed by atoms with Gasteiger partial charge in [-0.05, 0) is 6.42 Å². The van der Waals surface area contributed by atoms with E-state index in [0.29, 0.717) is 0 Å². The number of hydrazine groups is 1. The summed E-state index contributed by atoms with van der Waals surface area (Å²) in [5, 5.41) is 17.1. The second-order valence-corrected chi connectivity index (χ2v) is 1.98. The molecule has 0 amide bonds. The van der Waals surface area contributed by atoms with E-state index >= 15 is 0 Å². The van der Waals surface area contributed by atoms with Gasteiger partial charge in [-0.3, -0.25) is 11.7 Å². The fraction of sp³-hybridized carbons (Fsp3) is 0.750. The molecule has 1 unspecified atom stereocenters. The van der Waals surface area contributed by atoms with Crippen molar-refractivity contribution >= 4 is 0 Å². The average molecular weight is 178 g/mol. The highest BCUT2D eigenvalue weighted by Crippen LogP contribution is 1.97. The quantitative estimate of drug-likeness (QED) is 0.280. The summed E-state index contributed by atoms with van der Waals surface area (Å²) < 4.78 is 0. The van der Waals surface area contributed by atoms with Crippen LogP contribution in [0, 0.1) is 0 Å². The minimum Gasteiger partial charge on any atom is -0.394 e. The van der Waals surface area contributed by atoms with Crippen LogP contribution >= 0.6 is 0 Å². The van der Waals surface area contributed by atoms with E-state index in [1.165, 1.54) is 0 Å². The van der Waals surface area contributed by atoms with Crippen LogP contribution in [-0.2, 0) is 0 Å². The van der Waals surface area contributed by atoms with Crippen LogP contribution in [0.1, 0.15) is 26.2 Å². The monoisotopic (exact) mass is 178 g/mol. The second kappa shape index (κ2) is 22.4. The fourth-order valence-electron chi connectivity index (χ4n) is 0.531. The zero-order chi connectivity index (χ0) is 10.4. The molecule has 0 bridgehead atoms. The van der Waals surface area contributed by atoms with Crippen LogP contribution in [0.3, 0.4) is 0 Å². The molecule has 1 atom stereocenters. The third-order valence-corrected chi connectivity index (χ3v) is 1.10. The van der Waals surface area contributed by atoms with Crippen molar-refractivity contribution in [3.05, 3.63) is 13.2 Å². The van der Waals surface area contributed by atoms with Crippen LogP contribution in [0.2, 0.25) is 0 Å². The van der Waals surface area contributed by atoms with Crippen LogP contribution in [0.15, 0.2) is 13.2 Å². The molecular weight excluding hydrogens is 156 g/mol. The lowest BCUT2D eigenvalue weighted by Gasteiger charge is -2.02. The van der Waals surface area contributed by atoms with Gasteiger partial charge in [-0.2, -0.15) is 0 Å². The minimum absolute atomic E-state index is 0.0972. The fourth-order valence-corrected chi connectivity index (χ4v) is 0.531. The van der Waals surface area contributed by atoms with Gasteiger partial charge in [0.25, 0.3) is 0 Å². The lowest BCUT2D eigenvalue weighted by molar-refractivity contribution is 0.0865. The number of hydrogen-bond donors (Lipinski definition) is 4. The second-order valence-electron chi connectivity index (χ2n) is 1.98. The molecule has 0 saturated carbocycles. The van der Waals surface area contributed by atoms with Crippen molar-refractivity contribution in [2.45, 2.75) is 32.3 Å². The highest BCUT2D eigenvalue weighted by molar-refractivity contribution is 4.50. The smallest absolute Gasteiger partial charge is 0.0770 e. The Balaban J connectivity index is -0.000000175. The van der Waals surface area contributed by atoms with E-state index in [1.807, 2.05) is 0 Å².